The van der Waals surface area contributed by atoms with Crippen LogP contribution in [-0.4, -0.2) is 30.2 Å². The summed E-state index contributed by atoms with van der Waals surface area (Å²) in [5.41, 5.74) is 0.800. The number of nitrogens with zero attached hydrogens (tertiary/aromatic N) is 1. The Kier molecular flexibility index (Phi) is 4.00. The quantitative estimate of drug-likeness (QED) is 0.830. The standard InChI is InChI=1S/C10H13NO4S/c1-2-3-8-4-9(6-11-5-8)16(14,15)7-10(12)13/h4-6H,2-3,7H2,1H3,(H,12,13). The number of pyridine rings is 1. The van der Waals surface area contributed by atoms with Crippen LogP contribution in [0.15, 0.2) is 23.4 Å². The van der Waals surface area contributed by atoms with E-state index >= 15 is 0 Å². The molecule has 6 heteroatoms. The van der Waals surface area contributed by atoms with E-state index in [1.54, 1.807) is 6.20 Å². The predicted octanol–water partition coefficient (Wildman–Crippen LogP) is 0.892. The molecule has 1 aromatic heterocycles. The summed E-state index contributed by atoms with van der Waals surface area (Å²) in [4.78, 5) is 14.2. The third-order valence-corrected chi connectivity index (χ3v) is 3.55. The number of rotatable bonds is 5. The Bertz CT molecular complexity index is 481. The summed E-state index contributed by atoms with van der Waals surface area (Å²) in [5.74, 6) is -2.26. The molecule has 0 spiro atoms. The highest BCUT2D eigenvalue weighted by molar-refractivity contribution is 7.92. The van der Waals surface area contributed by atoms with E-state index in [-0.39, 0.29) is 4.90 Å². The van der Waals surface area contributed by atoms with Crippen LogP contribution >= 0.6 is 0 Å². The van der Waals surface area contributed by atoms with Gasteiger partial charge in [0.05, 0.1) is 4.90 Å². The van der Waals surface area contributed by atoms with Gasteiger partial charge in [-0.25, -0.2) is 8.42 Å². The molecular weight excluding hydrogens is 230 g/mol. The Labute approximate surface area is 94.1 Å². The number of sulfone groups is 1. The van der Waals surface area contributed by atoms with E-state index in [0.29, 0.717) is 0 Å². The van der Waals surface area contributed by atoms with Crippen LogP contribution in [0.5, 0.6) is 0 Å². The summed E-state index contributed by atoms with van der Waals surface area (Å²) in [7, 11) is -3.76. The first-order valence-corrected chi connectivity index (χ1v) is 6.49. The van der Waals surface area contributed by atoms with Crippen molar-refractivity contribution in [2.75, 3.05) is 5.75 Å². The Hall–Kier alpha value is -1.43. The number of hydrogen-bond donors (Lipinski definition) is 1. The van der Waals surface area contributed by atoms with Crippen molar-refractivity contribution in [2.24, 2.45) is 0 Å². The molecule has 1 heterocycles. The molecule has 0 aromatic carbocycles. The van der Waals surface area contributed by atoms with Gasteiger partial charge in [0.1, 0.15) is 0 Å². The summed E-state index contributed by atoms with van der Waals surface area (Å²) in [5, 5.41) is 8.48. The van der Waals surface area contributed by atoms with Crippen LogP contribution in [0.4, 0.5) is 0 Å². The van der Waals surface area contributed by atoms with E-state index in [9.17, 15) is 13.2 Å². The van der Waals surface area contributed by atoms with E-state index < -0.39 is 21.6 Å². The maximum atomic E-state index is 11.6. The summed E-state index contributed by atoms with van der Waals surface area (Å²) in [6.45, 7) is 1.97. The second-order valence-corrected chi connectivity index (χ2v) is 5.42. The van der Waals surface area contributed by atoms with Crippen LogP contribution in [0.25, 0.3) is 0 Å². The third kappa shape index (κ3) is 3.30. The van der Waals surface area contributed by atoms with Crippen molar-refractivity contribution in [2.45, 2.75) is 24.7 Å². The van der Waals surface area contributed by atoms with Crippen LogP contribution < -0.4 is 0 Å². The summed E-state index contributed by atoms with van der Waals surface area (Å²) >= 11 is 0. The third-order valence-electron chi connectivity index (χ3n) is 1.98. The van der Waals surface area contributed by atoms with Gasteiger partial charge in [0.25, 0.3) is 0 Å². The fourth-order valence-electron chi connectivity index (χ4n) is 1.31. The zero-order chi connectivity index (χ0) is 12.2. The van der Waals surface area contributed by atoms with Gasteiger partial charge in [-0.05, 0) is 18.1 Å². The highest BCUT2D eigenvalue weighted by Gasteiger charge is 2.19. The second-order valence-electron chi connectivity index (χ2n) is 3.43. The van der Waals surface area contributed by atoms with E-state index in [1.807, 2.05) is 6.92 Å². The number of hydrogen-bond acceptors (Lipinski definition) is 4. The minimum absolute atomic E-state index is 0.0270. The monoisotopic (exact) mass is 243 g/mol. The van der Waals surface area contributed by atoms with E-state index in [2.05, 4.69) is 4.98 Å². The van der Waals surface area contributed by atoms with Gasteiger partial charge < -0.3 is 5.11 Å². The highest BCUT2D eigenvalue weighted by Crippen LogP contribution is 2.12. The normalized spacial score (nSPS) is 11.3. The molecule has 0 fully saturated rings. The van der Waals surface area contributed by atoms with Gasteiger partial charge in [-0.15, -0.1) is 0 Å². The van der Waals surface area contributed by atoms with Crippen molar-refractivity contribution in [3.63, 3.8) is 0 Å². The van der Waals surface area contributed by atoms with Crippen molar-refractivity contribution < 1.29 is 18.3 Å². The predicted molar refractivity (Wildman–Crippen MR) is 57.9 cm³/mol. The molecule has 0 amide bonds. The van der Waals surface area contributed by atoms with Crippen LogP contribution in [0.1, 0.15) is 18.9 Å². The molecule has 88 valence electrons. The van der Waals surface area contributed by atoms with E-state index in [0.717, 1.165) is 18.4 Å². The average molecular weight is 243 g/mol. The van der Waals surface area contributed by atoms with Gasteiger partial charge in [-0.1, -0.05) is 13.3 Å². The number of carboxylic acid groups (broad SMARTS) is 1. The molecule has 16 heavy (non-hydrogen) atoms. The molecule has 1 N–H and O–H groups in total. The Morgan fingerprint density at radius 2 is 2.12 bits per heavy atom. The van der Waals surface area contributed by atoms with Crippen molar-refractivity contribution in [1.82, 2.24) is 4.98 Å². The van der Waals surface area contributed by atoms with Crippen molar-refractivity contribution in [3.8, 4) is 0 Å². The number of aromatic nitrogens is 1. The minimum Gasteiger partial charge on any atom is -0.480 e. The van der Waals surface area contributed by atoms with Gasteiger partial charge in [0, 0.05) is 12.4 Å². The molecule has 1 aromatic rings. The first-order valence-electron chi connectivity index (χ1n) is 4.84. The number of aryl methyl sites for hydroxylation is 1. The molecule has 0 radical (unpaired) electrons. The molecule has 0 bridgehead atoms. The lowest BCUT2D eigenvalue weighted by Gasteiger charge is -2.03. The van der Waals surface area contributed by atoms with E-state index in [1.165, 1.54) is 12.3 Å². The fourth-order valence-corrected chi connectivity index (χ4v) is 2.35. The van der Waals surface area contributed by atoms with Gasteiger partial charge in [0.2, 0.25) is 0 Å². The maximum absolute atomic E-state index is 11.6. The smallest absolute Gasteiger partial charge is 0.319 e. The molecule has 0 atom stereocenters. The molecule has 0 unspecified atom stereocenters. The van der Waals surface area contributed by atoms with Crippen LogP contribution in [0, 0.1) is 0 Å². The van der Waals surface area contributed by atoms with Gasteiger partial charge in [-0.2, -0.15) is 0 Å². The average Bonchev–Trinajstić information content (AvgIpc) is 2.16. The highest BCUT2D eigenvalue weighted by atomic mass is 32.2. The van der Waals surface area contributed by atoms with Gasteiger partial charge in [-0.3, -0.25) is 9.78 Å². The minimum atomic E-state index is -3.76. The second kappa shape index (κ2) is 5.07. The zero-order valence-corrected chi connectivity index (χ0v) is 9.70. The van der Waals surface area contributed by atoms with Gasteiger partial charge >= 0.3 is 5.97 Å². The first kappa shape index (κ1) is 12.6. The fraction of sp³-hybridized carbons (Fsp3) is 0.400. The Balaban J connectivity index is 3.03. The molecule has 0 aliphatic carbocycles. The summed E-state index contributed by atoms with van der Waals surface area (Å²) in [6.07, 6.45) is 4.37. The molecule has 5 nitrogen and oxygen atoms in total. The SMILES string of the molecule is CCCc1cncc(S(=O)(=O)CC(=O)O)c1. The number of carbonyl (C=O) groups is 1. The number of aliphatic carboxylic acids is 1. The molecule has 0 saturated heterocycles. The zero-order valence-electron chi connectivity index (χ0n) is 8.88. The largest absolute Gasteiger partial charge is 0.480 e. The van der Waals surface area contributed by atoms with Crippen LogP contribution in [-0.2, 0) is 21.1 Å². The van der Waals surface area contributed by atoms with Crippen LogP contribution in [0.2, 0.25) is 0 Å². The van der Waals surface area contributed by atoms with Crippen molar-refractivity contribution in [3.05, 3.63) is 24.0 Å². The lowest BCUT2D eigenvalue weighted by molar-refractivity contribution is -0.134. The lowest BCUT2D eigenvalue weighted by Crippen LogP contribution is -2.15. The molecular formula is C10H13NO4S. The molecule has 0 aliphatic heterocycles. The first-order chi connectivity index (χ1) is 7.45. The van der Waals surface area contributed by atoms with Gasteiger partial charge in [0.15, 0.2) is 15.6 Å². The van der Waals surface area contributed by atoms with Crippen LogP contribution in [0.3, 0.4) is 0 Å². The van der Waals surface area contributed by atoms with Crippen molar-refractivity contribution >= 4 is 15.8 Å². The van der Waals surface area contributed by atoms with E-state index in [4.69, 9.17) is 5.11 Å². The Morgan fingerprint density at radius 3 is 2.69 bits per heavy atom. The number of carboxylic acids is 1. The maximum Gasteiger partial charge on any atom is 0.319 e. The summed E-state index contributed by atoms with van der Waals surface area (Å²) in [6, 6.07) is 1.48. The van der Waals surface area contributed by atoms with Crippen molar-refractivity contribution in [1.29, 1.82) is 0 Å². The molecule has 1 rings (SSSR count). The molecule has 0 saturated carbocycles. The topological polar surface area (TPSA) is 84.3 Å². The molecule has 0 aliphatic rings. The summed E-state index contributed by atoms with van der Waals surface area (Å²) < 4.78 is 23.2. The Morgan fingerprint density at radius 1 is 1.44 bits per heavy atom. The lowest BCUT2D eigenvalue weighted by atomic mass is 10.2.